The van der Waals surface area contributed by atoms with Crippen molar-refractivity contribution in [3.8, 4) is 0 Å². The van der Waals surface area contributed by atoms with Crippen LogP contribution in [0.1, 0.15) is 24.4 Å². The predicted molar refractivity (Wildman–Crippen MR) is 74.8 cm³/mol. The van der Waals surface area contributed by atoms with Gasteiger partial charge < -0.3 is 15.2 Å². The summed E-state index contributed by atoms with van der Waals surface area (Å²) in [5.74, 6) is 0.743. The molecule has 2 N–H and O–H groups in total. The summed E-state index contributed by atoms with van der Waals surface area (Å²) in [4.78, 5) is 17.8. The number of likely N-dealkylation sites (N-methyl/N-ethyl adjacent to an activating group) is 1. The maximum Gasteiger partial charge on any atom is 0.222 e. The molecule has 100 valence electrons. The summed E-state index contributed by atoms with van der Waals surface area (Å²) >= 11 is 0. The molecule has 0 spiro atoms. The summed E-state index contributed by atoms with van der Waals surface area (Å²) in [6.07, 6.45) is 1.40. The molecule has 1 aromatic carbocycles. The summed E-state index contributed by atoms with van der Waals surface area (Å²) in [5, 5.41) is 0. The second kappa shape index (κ2) is 4.26. The molecule has 0 aliphatic carbocycles. The van der Waals surface area contributed by atoms with Crippen LogP contribution >= 0.6 is 0 Å². The number of nitrogen functional groups attached to an aromatic ring is 1. The number of piperidine rings is 1. The van der Waals surface area contributed by atoms with Crippen LogP contribution in [-0.2, 0) is 4.79 Å². The molecular formula is C14H18N4O. The fraction of sp³-hybridized carbons (Fsp3) is 0.429. The Morgan fingerprint density at radius 1 is 1.42 bits per heavy atom. The van der Waals surface area contributed by atoms with Crippen molar-refractivity contribution in [1.82, 2.24) is 14.5 Å². The molecule has 1 aliphatic heterocycles. The number of imidazole rings is 1. The van der Waals surface area contributed by atoms with Gasteiger partial charge in [-0.15, -0.1) is 0 Å². The van der Waals surface area contributed by atoms with Crippen LogP contribution in [0.4, 0.5) is 5.95 Å². The molecule has 1 amide bonds. The minimum Gasteiger partial charge on any atom is -0.369 e. The van der Waals surface area contributed by atoms with Gasteiger partial charge in [0.2, 0.25) is 11.9 Å². The third kappa shape index (κ3) is 1.85. The number of fused-ring (bicyclic) bond motifs is 1. The van der Waals surface area contributed by atoms with Crippen molar-refractivity contribution in [2.75, 3.05) is 19.3 Å². The summed E-state index contributed by atoms with van der Waals surface area (Å²) in [6, 6.07) is 6.32. The van der Waals surface area contributed by atoms with Crippen molar-refractivity contribution in [1.29, 1.82) is 0 Å². The van der Waals surface area contributed by atoms with Crippen molar-refractivity contribution in [3.63, 3.8) is 0 Å². The van der Waals surface area contributed by atoms with Gasteiger partial charge in [0.1, 0.15) is 0 Å². The monoisotopic (exact) mass is 258 g/mol. The topological polar surface area (TPSA) is 64.1 Å². The maximum absolute atomic E-state index is 11.6. The van der Waals surface area contributed by atoms with Gasteiger partial charge in [0.15, 0.2) is 0 Å². The fourth-order valence-electron chi connectivity index (χ4n) is 2.86. The molecule has 0 saturated carbocycles. The van der Waals surface area contributed by atoms with Gasteiger partial charge in [-0.25, -0.2) is 4.98 Å². The number of nitrogens with two attached hydrogens (primary N) is 1. The molecule has 1 unspecified atom stereocenters. The third-order valence-electron chi connectivity index (χ3n) is 3.92. The van der Waals surface area contributed by atoms with Crippen LogP contribution in [0.3, 0.4) is 0 Å². The van der Waals surface area contributed by atoms with Crippen LogP contribution in [0, 0.1) is 6.92 Å². The van der Waals surface area contributed by atoms with E-state index in [4.69, 9.17) is 5.73 Å². The molecule has 1 saturated heterocycles. The lowest BCUT2D eigenvalue weighted by molar-refractivity contribution is -0.132. The van der Waals surface area contributed by atoms with Gasteiger partial charge in [-0.1, -0.05) is 12.1 Å². The smallest absolute Gasteiger partial charge is 0.222 e. The van der Waals surface area contributed by atoms with Gasteiger partial charge in [-0.3, -0.25) is 4.79 Å². The molecule has 5 heteroatoms. The van der Waals surface area contributed by atoms with Crippen LogP contribution in [0.15, 0.2) is 18.2 Å². The Labute approximate surface area is 112 Å². The van der Waals surface area contributed by atoms with E-state index in [0.29, 0.717) is 18.9 Å². The van der Waals surface area contributed by atoms with Crippen molar-refractivity contribution in [2.45, 2.75) is 25.8 Å². The Morgan fingerprint density at radius 2 is 2.21 bits per heavy atom. The first kappa shape index (κ1) is 12.0. The van der Waals surface area contributed by atoms with E-state index in [9.17, 15) is 4.79 Å². The van der Waals surface area contributed by atoms with Crippen molar-refractivity contribution < 1.29 is 4.79 Å². The lowest BCUT2D eigenvalue weighted by atomic mass is 10.1. The van der Waals surface area contributed by atoms with E-state index >= 15 is 0 Å². The Bertz CT molecular complexity index is 646. The van der Waals surface area contributed by atoms with E-state index in [0.717, 1.165) is 23.0 Å². The highest BCUT2D eigenvalue weighted by molar-refractivity contribution is 5.82. The van der Waals surface area contributed by atoms with E-state index in [1.165, 1.54) is 0 Å². The lowest BCUT2D eigenvalue weighted by Gasteiger charge is -2.31. The zero-order valence-electron chi connectivity index (χ0n) is 11.3. The number of benzene rings is 1. The number of amides is 1. The van der Waals surface area contributed by atoms with Crippen molar-refractivity contribution in [2.24, 2.45) is 0 Å². The number of aryl methyl sites for hydroxylation is 1. The average molecular weight is 258 g/mol. The number of carbonyl (C=O) groups excluding carboxylic acids is 1. The van der Waals surface area contributed by atoms with Gasteiger partial charge >= 0.3 is 0 Å². The molecule has 1 aromatic heterocycles. The quantitative estimate of drug-likeness (QED) is 0.847. The first-order chi connectivity index (χ1) is 9.08. The molecule has 2 aromatic rings. The number of likely N-dealkylation sites (tertiary alicyclic amines) is 1. The molecule has 1 atom stereocenters. The summed E-state index contributed by atoms with van der Waals surface area (Å²) in [5.41, 5.74) is 9.23. The van der Waals surface area contributed by atoms with E-state index in [-0.39, 0.29) is 11.9 Å². The highest BCUT2D eigenvalue weighted by Crippen LogP contribution is 2.30. The van der Waals surface area contributed by atoms with E-state index in [1.807, 2.05) is 32.2 Å². The van der Waals surface area contributed by atoms with E-state index in [1.54, 1.807) is 4.90 Å². The molecule has 3 rings (SSSR count). The SMILES string of the molecule is Cc1cccc2c1nc(N)n2C1CCC(=O)N(C)C1. The number of hydrogen-bond acceptors (Lipinski definition) is 3. The number of nitrogens with zero attached hydrogens (tertiary/aromatic N) is 3. The summed E-state index contributed by atoms with van der Waals surface area (Å²) in [6.45, 7) is 2.73. The van der Waals surface area contributed by atoms with Crippen LogP contribution in [0.2, 0.25) is 0 Å². The second-order valence-electron chi connectivity index (χ2n) is 5.25. The fourth-order valence-corrected chi connectivity index (χ4v) is 2.86. The zero-order valence-corrected chi connectivity index (χ0v) is 11.3. The maximum atomic E-state index is 11.6. The number of hydrogen-bond donors (Lipinski definition) is 1. The molecular weight excluding hydrogens is 240 g/mol. The second-order valence-corrected chi connectivity index (χ2v) is 5.25. The number of anilines is 1. The van der Waals surface area contributed by atoms with Crippen molar-refractivity contribution in [3.05, 3.63) is 23.8 Å². The zero-order chi connectivity index (χ0) is 13.6. The summed E-state index contributed by atoms with van der Waals surface area (Å²) < 4.78 is 2.07. The Kier molecular flexibility index (Phi) is 2.69. The highest BCUT2D eigenvalue weighted by Gasteiger charge is 2.26. The van der Waals surface area contributed by atoms with Crippen molar-refractivity contribution >= 4 is 22.9 Å². The predicted octanol–water partition coefficient (Wildman–Crippen LogP) is 1.72. The van der Waals surface area contributed by atoms with Crippen LogP contribution in [0.5, 0.6) is 0 Å². The minimum atomic E-state index is 0.204. The first-order valence-electron chi connectivity index (χ1n) is 6.55. The highest BCUT2D eigenvalue weighted by atomic mass is 16.2. The van der Waals surface area contributed by atoms with Gasteiger partial charge in [-0.05, 0) is 25.0 Å². The van der Waals surface area contributed by atoms with E-state index in [2.05, 4.69) is 9.55 Å². The number of rotatable bonds is 1. The first-order valence-corrected chi connectivity index (χ1v) is 6.55. The van der Waals surface area contributed by atoms with Gasteiger partial charge in [-0.2, -0.15) is 0 Å². The van der Waals surface area contributed by atoms with Crippen LogP contribution < -0.4 is 5.73 Å². The standard InChI is InChI=1S/C14H18N4O/c1-9-4-3-5-11-13(9)16-14(15)18(11)10-6-7-12(19)17(2)8-10/h3-5,10H,6-8H2,1-2H3,(H2,15,16). The molecule has 0 bridgehead atoms. The number of para-hydroxylation sites is 1. The molecule has 2 heterocycles. The molecule has 1 aliphatic rings. The minimum absolute atomic E-state index is 0.204. The third-order valence-corrected chi connectivity index (χ3v) is 3.92. The van der Waals surface area contributed by atoms with Crippen LogP contribution in [0.25, 0.3) is 11.0 Å². The van der Waals surface area contributed by atoms with Gasteiger partial charge in [0.25, 0.3) is 0 Å². The largest absolute Gasteiger partial charge is 0.369 e. The molecule has 5 nitrogen and oxygen atoms in total. The van der Waals surface area contributed by atoms with Gasteiger partial charge in [0, 0.05) is 20.0 Å². The number of carbonyl (C=O) groups is 1. The number of aromatic nitrogens is 2. The molecule has 19 heavy (non-hydrogen) atoms. The Balaban J connectivity index is 2.08. The Hall–Kier alpha value is -2.04. The van der Waals surface area contributed by atoms with Gasteiger partial charge in [0.05, 0.1) is 17.1 Å². The average Bonchev–Trinajstić information content (AvgIpc) is 2.71. The Morgan fingerprint density at radius 3 is 2.95 bits per heavy atom. The molecule has 0 radical (unpaired) electrons. The lowest BCUT2D eigenvalue weighted by Crippen LogP contribution is -2.38. The van der Waals surface area contributed by atoms with Crippen LogP contribution in [-0.4, -0.2) is 34.0 Å². The normalized spacial score (nSPS) is 20.2. The van der Waals surface area contributed by atoms with E-state index < -0.39 is 0 Å². The molecule has 1 fully saturated rings. The summed E-state index contributed by atoms with van der Waals surface area (Å²) in [7, 11) is 1.84.